The van der Waals surface area contributed by atoms with Gasteiger partial charge in [-0.3, -0.25) is 0 Å². The molecule has 2 aromatic carbocycles. The zero-order valence-corrected chi connectivity index (χ0v) is 13.3. The average molecular weight is 284 g/mol. The fourth-order valence-corrected chi connectivity index (χ4v) is 2.34. The van der Waals surface area contributed by atoms with Crippen LogP contribution in [0.1, 0.15) is 43.4 Å². The molecule has 0 aliphatic heterocycles. The number of hydrogen-bond donors (Lipinski definition) is 1. The van der Waals surface area contributed by atoms with Gasteiger partial charge < -0.3 is 9.84 Å². The van der Waals surface area contributed by atoms with Crippen molar-refractivity contribution in [2.75, 3.05) is 6.61 Å². The summed E-state index contributed by atoms with van der Waals surface area (Å²) in [6, 6.07) is 15.9. The molecule has 0 aromatic heterocycles. The lowest BCUT2D eigenvalue weighted by atomic mass is 9.97. The fourth-order valence-electron chi connectivity index (χ4n) is 2.34. The molecule has 1 unspecified atom stereocenters. The predicted molar refractivity (Wildman–Crippen MR) is 86.8 cm³/mol. The minimum Gasteiger partial charge on any atom is -0.490 e. The second kappa shape index (κ2) is 6.31. The van der Waals surface area contributed by atoms with Crippen LogP contribution in [0.4, 0.5) is 0 Å². The van der Waals surface area contributed by atoms with Gasteiger partial charge in [0.1, 0.15) is 18.0 Å². The maximum atomic E-state index is 10.6. The second-order valence-electron chi connectivity index (χ2n) is 6.12. The summed E-state index contributed by atoms with van der Waals surface area (Å²) in [5, 5.41) is 10.6. The van der Waals surface area contributed by atoms with Crippen LogP contribution < -0.4 is 4.74 Å². The van der Waals surface area contributed by atoms with Gasteiger partial charge in [-0.2, -0.15) is 0 Å². The van der Waals surface area contributed by atoms with Crippen LogP contribution in [0.25, 0.3) is 0 Å². The van der Waals surface area contributed by atoms with Gasteiger partial charge in [-0.1, -0.05) is 56.3 Å². The molecule has 2 heteroatoms. The van der Waals surface area contributed by atoms with E-state index in [2.05, 4.69) is 26.0 Å². The van der Waals surface area contributed by atoms with Gasteiger partial charge in [-0.15, -0.1) is 0 Å². The first-order valence-electron chi connectivity index (χ1n) is 7.41. The van der Waals surface area contributed by atoms with Crippen LogP contribution >= 0.6 is 0 Å². The maximum absolute atomic E-state index is 10.6. The van der Waals surface area contributed by atoms with E-state index < -0.39 is 5.60 Å². The van der Waals surface area contributed by atoms with Crippen molar-refractivity contribution in [3.63, 3.8) is 0 Å². The molecule has 0 amide bonds. The van der Waals surface area contributed by atoms with Crippen LogP contribution in [0.2, 0.25) is 0 Å². The molecule has 0 saturated carbocycles. The zero-order chi connectivity index (χ0) is 15.5. The van der Waals surface area contributed by atoms with E-state index in [1.807, 2.05) is 43.3 Å². The van der Waals surface area contributed by atoms with E-state index in [4.69, 9.17) is 4.74 Å². The largest absolute Gasteiger partial charge is 0.490 e. The molecule has 2 aromatic rings. The van der Waals surface area contributed by atoms with Crippen LogP contribution in [0.5, 0.6) is 5.75 Å². The van der Waals surface area contributed by atoms with Gasteiger partial charge >= 0.3 is 0 Å². The van der Waals surface area contributed by atoms with E-state index in [9.17, 15) is 5.11 Å². The summed E-state index contributed by atoms with van der Waals surface area (Å²) in [5.41, 5.74) is 2.20. The molecule has 112 valence electrons. The molecule has 0 aliphatic carbocycles. The number of aliphatic hydroxyl groups is 1. The number of rotatable bonds is 5. The number of ether oxygens (including phenoxy) is 1. The van der Waals surface area contributed by atoms with Crippen molar-refractivity contribution in [2.24, 2.45) is 0 Å². The Bertz CT molecular complexity index is 586. The monoisotopic (exact) mass is 284 g/mol. The molecule has 0 bridgehead atoms. The van der Waals surface area contributed by atoms with E-state index in [0.717, 1.165) is 16.9 Å². The van der Waals surface area contributed by atoms with Crippen LogP contribution in [-0.2, 0) is 5.60 Å². The summed E-state index contributed by atoms with van der Waals surface area (Å²) in [5.74, 6) is 1.25. The van der Waals surface area contributed by atoms with Gasteiger partial charge in [0.05, 0.1) is 0 Å². The highest BCUT2D eigenvalue weighted by Gasteiger charge is 2.24. The normalized spacial score (nSPS) is 14.0. The number of hydrogen-bond acceptors (Lipinski definition) is 2. The smallest absolute Gasteiger partial charge is 0.123 e. The Morgan fingerprint density at radius 3 is 2.38 bits per heavy atom. The Labute approximate surface area is 127 Å². The van der Waals surface area contributed by atoms with Gasteiger partial charge in [0.2, 0.25) is 0 Å². The molecule has 2 rings (SSSR count). The number of benzene rings is 2. The van der Waals surface area contributed by atoms with Crippen molar-refractivity contribution in [1.82, 2.24) is 0 Å². The molecule has 2 nitrogen and oxygen atoms in total. The first kappa shape index (κ1) is 15.6. The van der Waals surface area contributed by atoms with Gasteiger partial charge in [0, 0.05) is 0 Å². The van der Waals surface area contributed by atoms with Gasteiger partial charge in [0.25, 0.3) is 0 Å². The SMILES string of the molecule is Cc1ccc(C(C)C)c(OCC(C)(O)c2ccccc2)c1. The summed E-state index contributed by atoms with van der Waals surface area (Å²) >= 11 is 0. The Hall–Kier alpha value is -1.80. The lowest BCUT2D eigenvalue weighted by Gasteiger charge is -2.25. The van der Waals surface area contributed by atoms with Crippen molar-refractivity contribution < 1.29 is 9.84 Å². The van der Waals surface area contributed by atoms with Gasteiger partial charge in [-0.25, -0.2) is 0 Å². The van der Waals surface area contributed by atoms with E-state index in [0.29, 0.717) is 5.92 Å². The molecular formula is C19H24O2. The van der Waals surface area contributed by atoms with Gasteiger partial charge in [0.15, 0.2) is 0 Å². The second-order valence-corrected chi connectivity index (χ2v) is 6.12. The molecule has 1 atom stereocenters. The molecule has 0 aliphatic rings. The van der Waals surface area contributed by atoms with Crippen LogP contribution in [0, 0.1) is 6.92 Å². The third kappa shape index (κ3) is 3.85. The molecule has 0 heterocycles. The molecule has 21 heavy (non-hydrogen) atoms. The van der Waals surface area contributed by atoms with Crippen LogP contribution in [0.3, 0.4) is 0 Å². The quantitative estimate of drug-likeness (QED) is 0.881. The maximum Gasteiger partial charge on any atom is 0.123 e. The summed E-state index contributed by atoms with van der Waals surface area (Å²) in [6.45, 7) is 8.36. The minimum absolute atomic E-state index is 0.236. The lowest BCUT2D eigenvalue weighted by Crippen LogP contribution is -2.29. The van der Waals surface area contributed by atoms with E-state index in [1.165, 1.54) is 5.56 Å². The summed E-state index contributed by atoms with van der Waals surface area (Å²) < 4.78 is 5.95. The third-order valence-corrected chi connectivity index (χ3v) is 3.70. The highest BCUT2D eigenvalue weighted by molar-refractivity contribution is 5.39. The highest BCUT2D eigenvalue weighted by atomic mass is 16.5. The minimum atomic E-state index is -1.00. The van der Waals surface area contributed by atoms with Crippen molar-refractivity contribution >= 4 is 0 Å². The Morgan fingerprint density at radius 2 is 1.76 bits per heavy atom. The average Bonchev–Trinajstić information content (AvgIpc) is 2.46. The van der Waals surface area contributed by atoms with Crippen LogP contribution in [-0.4, -0.2) is 11.7 Å². The van der Waals surface area contributed by atoms with E-state index in [1.54, 1.807) is 6.92 Å². The standard InChI is InChI=1S/C19H24O2/c1-14(2)17-11-10-15(3)12-18(17)21-13-19(4,20)16-8-6-5-7-9-16/h5-12,14,20H,13H2,1-4H3. The Morgan fingerprint density at radius 1 is 1.10 bits per heavy atom. The Kier molecular flexibility index (Phi) is 4.69. The molecule has 0 fully saturated rings. The molecule has 1 N–H and O–H groups in total. The topological polar surface area (TPSA) is 29.5 Å². The van der Waals surface area contributed by atoms with Crippen molar-refractivity contribution in [3.8, 4) is 5.75 Å². The van der Waals surface area contributed by atoms with E-state index >= 15 is 0 Å². The fraction of sp³-hybridized carbons (Fsp3) is 0.368. The summed E-state index contributed by atoms with van der Waals surface area (Å²) in [4.78, 5) is 0. The first-order chi connectivity index (χ1) is 9.90. The molecule has 0 radical (unpaired) electrons. The van der Waals surface area contributed by atoms with Crippen molar-refractivity contribution in [2.45, 2.75) is 39.2 Å². The van der Waals surface area contributed by atoms with Gasteiger partial charge in [-0.05, 0) is 42.5 Å². The Balaban J connectivity index is 2.18. The molecule has 0 spiro atoms. The van der Waals surface area contributed by atoms with E-state index in [-0.39, 0.29) is 6.61 Å². The lowest BCUT2D eigenvalue weighted by molar-refractivity contribution is 0.00721. The first-order valence-corrected chi connectivity index (χ1v) is 7.41. The molecular weight excluding hydrogens is 260 g/mol. The molecule has 0 saturated heterocycles. The highest BCUT2D eigenvalue weighted by Crippen LogP contribution is 2.29. The number of aryl methyl sites for hydroxylation is 1. The summed E-state index contributed by atoms with van der Waals surface area (Å²) in [6.07, 6.45) is 0. The summed E-state index contributed by atoms with van der Waals surface area (Å²) in [7, 11) is 0. The van der Waals surface area contributed by atoms with Crippen molar-refractivity contribution in [1.29, 1.82) is 0 Å². The zero-order valence-electron chi connectivity index (χ0n) is 13.3. The third-order valence-electron chi connectivity index (χ3n) is 3.70. The van der Waals surface area contributed by atoms with Crippen LogP contribution in [0.15, 0.2) is 48.5 Å². The van der Waals surface area contributed by atoms with Crippen molar-refractivity contribution in [3.05, 3.63) is 65.2 Å². The predicted octanol–water partition coefficient (Wildman–Crippen LogP) is 4.40.